The monoisotopic (exact) mass is 606 g/mol. The van der Waals surface area contributed by atoms with Crippen LogP contribution in [-0.2, 0) is 20.6 Å². The van der Waals surface area contributed by atoms with E-state index in [9.17, 15) is 9.59 Å². The lowest BCUT2D eigenvalue weighted by atomic mass is 9.76. The second-order valence-electron chi connectivity index (χ2n) is 13.6. The summed E-state index contributed by atoms with van der Waals surface area (Å²) in [7, 11) is 0. The zero-order chi connectivity index (χ0) is 32.1. The van der Waals surface area contributed by atoms with Gasteiger partial charge >= 0.3 is 12.3 Å². The van der Waals surface area contributed by atoms with Crippen molar-refractivity contribution in [3.05, 3.63) is 106 Å². The number of carbonyl (C=O) groups is 2. The molecule has 0 radical (unpaired) electrons. The molecule has 1 aliphatic carbocycles. The molecule has 2 unspecified atom stereocenters. The lowest BCUT2D eigenvalue weighted by Crippen LogP contribution is -2.29. The molecule has 1 aliphatic heterocycles. The minimum absolute atomic E-state index is 0.145. The van der Waals surface area contributed by atoms with Crippen LogP contribution in [0.5, 0.6) is 17.2 Å². The van der Waals surface area contributed by atoms with Crippen molar-refractivity contribution in [1.29, 1.82) is 0 Å². The Hall–Kier alpha value is -4.78. The smallest absolute Gasteiger partial charge is 0.457 e. The van der Waals surface area contributed by atoms with E-state index in [1.807, 2.05) is 69.3 Å². The molecule has 0 saturated carbocycles. The SMILES string of the molecule is Cc1cccc(C2c3c(ccc4c3C=CC(OC(=O)OC(C)(C)C)C4)Oc3ccc4cc(OC(=O)OC(C)(C)C)ccc4c32)c1. The first kappa shape index (κ1) is 30.3. The fourth-order valence-corrected chi connectivity index (χ4v) is 5.97. The van der Waals surface area contributed by atoms with Gasteiger partial charge in [-0.05, 0) is 106 Å². The Kier molecular flexibility index (Phi) is 7.59. The summed E-state index contributed by atoms with van der Waals surface area (Å²) in [5.74, 6) is 1.81. The molecule has 7 nitrogen and oxygen atoms in total. The molecule has 232 valence electrons. The molecule has 0 amide bonds. The molecule has 7 heteroatoms. The van der Waals surface area contributed by atoms with Crippen LogP contribution in [-0.4, -0.2) is 29.6 Å². The zero-order valence-corrected chi connectivity index (χ0v) is 26.7. The molecule has 0 spiro atoms. The first-order valence-corrected chi connectivity index (χ1v) is 15.2. The van der Waals surface area contributed by atoms with Crippen LogP contribution in [0.15, 0.2) is 72.8 Å². The van der Waals surface area contributed by atoms with Crippen LogP contribution in [0, 0.1) is 6.92 Å². The molecule has 1 heterocycles. The average Bonchev–Trinajstić information content (AvgIpc) is 2.93. The maximum atomic E-state index is 12.4. The Morgan fingerprint density at radius 2 is 1.51 bits per heavy atom. The molecule has 2 atom stereocenters. The van der Waals surface area contributed by atoms with Gasteiger partial charge in [-0.15, -0.1) is 0 Å². The highest BCUT2D eigenvalue weighted by atomic mass is 16.7. The van der Waals surface area contributed by atoms with Crippen molar-refractivity contribution in [2.24, 2.45) is 0 Å². The number of fused-ring (bicyclic) bond motifs is 6. The fourth-order valence-electron chi connectivity index (χ4n) is 5.97. The predicted octanol–water partition coefficient (Wildman–Crippen LogP) is 9.64. The molecule has 0 bridgehead atoms. The van der Waals surface area contributed by atoms with E-state index in [0.29, 0.717) is 12.2 Å². The van der Waals surface area contributed by atoms with Crippen LogP contribution in [0.1, 0.15) is 80.8 Å². The van der Waals surface area contributed by atoms with Crippen molar-refractivity contribution in [3.63, 3.8) is 0 Å². The summed E-state index contributed by atoms with van der Waals surface area (Å²) in [6.07, 6.45) is 2.59. The van der Waals surface area contributed by atoms with Gasteiger partial charge in [-0.2, -0.15) is 0 Å². The first-order valence-electron chi connectivity index (χ1n) is 15.2. The molecule has 2 aliphatic rings. The van der Waals surface area contributed by atoms with Gasteiger partial charge < -0.3 is 23.7 Å². The topological polar surface area (TPSA) is 80.3 Å². The lowest BCUT2D eigenvalue weighted by Gasteiger charge is -2.33. The molecule has 6 rings (SSSR count). The molecule has 0 fully saturated rings. The third kappa shape index (κ3) is 6.53. The summed E-state index contributed by atoms with van der Waals surface area (Å²) in [6.45, 7) is 12.9. The van der Waals surface area contributed by atoms with Crippen molar-refractivity contribution in [1.82, 2.24) is 0 Å². The quantitative estimate of drug-likeness (QED) is 0.149. The Morgan fingerprint density at radius 1 is 0.800 bits per heavy atom. The number of ether oxygens (including phenoxy) is 5. The minimum atomic E-state index is -0.748. The number of hydrogen-bond donors (Lipinski definition) is 0. The number of rotatable bonds is 3. The van der Waals surface area contributed by atoms with Crippen molar-refractivity contribution >= 4 is 29.2 Å². The maximum Gasteiger partial charge on any atom is 0.514 e. The Morgan fingerprint density at radius 3 is 2.24 bits per heavy atom. The van der Waals surface area contributed by atoms with Gasteiger partial charge in [0.2, 0.25) is 0 Å². The van der Waals surface area contributed by atoms with Gasteiger partial charge in [0.05, 0.1) is 0 Å². The van der Waals surface area contributed by atoms with Crippen molar-refractivity contribution in [3.8, 4) is 17.2 Å². The summed E-state index contributed by atoms with van der Waals surface area (Å²) in [5, 5.41) is 1.90. The van der Waals surface area contributed by atoms with Crippen LogP contribution in [0.3, 0.4) is 0 Å². The second-order valence-corrected chi connectivity index (χ2v) is 13.6. The lowest BCUT2D eigenvalue weighted by molar-refractivity contribution is -0.0182. The van der Waals surface area contributed by atoms with Crippen LogP contribution < -0.4 is 9.47 Å². The van der Waals surface area contributed by atoms with Crippen molar-refractivity contribution < 1.29 is 33.3 Å². The summed E-state index contributed by atoms with van der Waals surface area (Å²) < 4.78 is 28.5. The number of aryl methyl sites for hydroxylation is 1. The molecule has 45 heavy (non-hydrogen) atoms. The highest BCUT2D eigenvalue weighted by Gasteiger charge is 2.35. The van der Waals surface area contributed by atoms with Crippen LogP contribution in [0.25, 0.3) is 16.8 Å². The number of carbonyl (C=O) groups excluding carboxylic acids is 2. The van der Waals surface area contributed by atoms with Crippen molar-refractivity contribution in [2.75, 3.05) is 0 Å². The maximum absolute atomic E-state index is 12.4. The van der Waals surface area contributed by atoms with Crippen molar-refractivity contribution in [2.45, 2.75) is 78.1 Å². The Bertz CT molecular complexity index is 1840. The van der Waals surface area contributed by atoms with Gasteiger partial charge in [0, 0.05) is 23.5 Å². The van der Waals surface area contributed by atoms with Gasteiger partial charge in [-0.3, -0.25) is 0 Å². The van der Waals surface area contributed by atoms with Crippen LogP contribution >= 0.6 is 0 Å². The van der Waals surface area contributed by atoms with E-state index in [0.717, 1.165) is 55.7 Å². The summed E-state index contributed by atoms with van der Waals surface area (Å²) >= 11 is 0. The number of benzene rings is 4. The van der Waals surface area contributed by atoms with Gasteiger partial charge in [-0.1, -0.05) is 54.1 Å². The van der Waals surface area contributed by atoms with E-state index in [1.165, 1.54) is 0 Å². The first-order chi connectivity index (χ1) is 21.2. The highest BCUT2D eigenvalue weighted by Crippen LogP contribution is 2.52. The molecular weight excluding hydrogens is 568 g/mol. The number of hydrogen-bond acceptors (Lipinski definition) is 7. The van der Waals surface area contributed by atoms with Gasteiger partial charge in [0.15, 0.2) is 0 Å². The van der Waals surface area contributed by atoms with E-state index >= 15 is 0 Å². The van der Waals surface area contributed by atoms with E-state index in [2.05, 4.69) is 31.2 Å². The Balaban J connectivity index is 1.42. The van der Waals surface area contributed by atoms with E-state index < -0.39 is 29.6 Å². The molecule has 4 aromatic rings. The third-order valence-corrected chi connectivity index (χ3v) is 7.63. The summed E-state index contributed by atoms with van der Waals surface area (Å²) in [4.78, 5) is 24.8. The molecule has 0 saturated heterocycles. The van der Waals surface area contributed by atoms with E-state index in [1.54, 1.807) is 26.8 Å². The largest absolute Gasteiger partial charge is 0.514 e. The standard InChI is InChI=1S/C38H38O7/c1-22-9-8-10-25(19-22)32-33-28-15-13-26(41-35(39)44-37(2,3)4)20-23(28)11-17-30(33)43-31-18-12-24-21-27(14-16-29(24)34(31)32)42-36(40)45-38(5,6)7/h8-20,27,32H,21H2,1-7H3. The minimum Gasteiger partial charge on any atom is -0.457 e. The molecule has 0 aromatic heterocycles. The summed E-state index contributed by atoms with van der Waals surface area (Å²) in [5.41, 5.74) is 5.19. The van der Waals surface area contributed by atoms with Crippen LogP contribution in [0.4, 0.5) is 9.59 Å². The predicted molar refractivity (Wildman–Crippen MR) is 173 cm³/mol. The normalized spacial score (nSPS) is 17.0. The summed E-state index contributed by atoms with van der Waals surface area (Å²) in [6, 6.07) is 22.1. The molecule has 0 N–H and O–H groups in total. The van der Waals surface area contributed by atoms with Gasteiger partial charge in [0.1, 0.15) is 34.6 Å². The van der Waals surface area contributed by atoms with E-state index in [4.69, 9.17) is 23.7 Å². The van der Waals surface area contributed by atoms with Gasteiger partial charge in [0.25, 0.3) is 0 Å². The van der Waals surface area contributed by atoms with Gasteiger partial charge in [-0.25, -0.2) is 9.59 Å². The second kappa shape index (κ2) is 11.3. The van der Waals surface area contributed by atoms with E-state index in [-0.39, 0.29) is 5.92 Å². The molecule has 4 aromatic carbocycles. The average molecular weight is 607 g/mol. The van der Waals surface area contributed by atoms with Crippen LogP contribution in [0.2, 0.25) is 0 Å². The highest BCUT2D eigenvalue weighted by molar-refractivity contribution is 5.92. The third-order valence-electron chi connectivity index (χ3n) is 7.63. The molecular formula is C38H38O7. The zero-order valence-electron chi connectivity index (χ0n) is 26.7. The Labute approximate surface area is 263 Å². The fraction of sp³-hybridized carbons (Fsp3) is 0.316.